The molecule has 1 saturated carbocycles. The van der Waals surface area contributed by atoms with Gasteiger partial charge in [-0.15, -0.1) is 0 Å². The van der Waals surface area contributed by atoms with E-state index in [1.54, 1.807) is 18.3 Å². The van der Waals surface area contributed by atoms with Crippen LogP contribution in [0.2, 0.25) is 0 Å². The first kappa shape index (κ1) is 23.5. The van der Waals surface area contributed by atoms with Crippen LogP contribution in [0.25, 0.3) is 17.2 Å². The highest BCUT2D eigenvalue weighted by molar-refractivity contribution is 8.05. The second-order valence-corrected chi connectivity index (χ2v) is 9.85. The van der Waals surface area contributed by atoms with Gasteiger partial charge in [-0.3, -0.25) is 9.78 Å². The number of nitrogens with zero attached hydrogens (tertiary/aromatic N) is 3. The van der Waals surface area contributed by atoms with Crippen LogP contribution in [0.3, 0.4) is 0 Å². The average molecular weight is 489 g/mol. The standard InChI is InChI=1S/C26H28N6O2S/c33-24-23(35-26(34)32-24)15-21-11-14-28-25(31-21)30-20-7-5-19(6-8-20)29-16-18-3-1-2-4-22(18)17-9-12-27-13-10-17/h1-4,9-15,19-20,26,29,34H,5-8,16H2,(H,32,33)(H,28,30,31)/b23-15-/t19-,20-,26?. The van der Waals surface area contributed by atoms with Crippen molar-refractivity contribution in [2.24, 2.45) is 0 Å². The number of carbonyl (C=O) groups is 1. The number of benzene rings is 1. The highest BCUT2D eigenvalue weighted by Crippen LogP contribution is 2.28. The average Bonchev–Trinajstić information content (AvgIpc) is 3.20. The van der Waals surface area contributed by atoms with E-state index in [-0.39, 0.29) is 5.91 Å². The van der Waals surface area contributed by atoms with Gasteiger partial charge in [0.05, 0.1) is 10.6 Å². The molecule has 1 atom stereocenters. The predicted octanol–water partition coefficient (Wildman–Crippen LogP) is 3.53. The maximum atomic E-state index is 11.8. The fourth-order valence-electron chi connectivity index (χ4n) is 4.51. The van der Waals surface area contributed by atoms with Crippen LogP contribution in [-0.4, -0.2) is 43.6 Å². The van der Waals surface area contributed by atoms with E-state index >= 15 is 0 Å². The molecule has 2 aliphatic rings. The first-order chi connectivity index (χ1) is 17.1. The van der Waals surface area contributed by atoms with Gasteiger partial charge in [0.2, 0.25) is 5.95 Å². The van der Waals surface area contributed by atoms with Crippen LogP contribution in [-0.2, 0) is 11.3 Å². The largest absolute Gasteiger partial charge is 0.364 e. The van der Waals surface area contributed by atoms with E-state index in [1.165, 1.54) is 16.7 Å². The van der Waals surface area contributed by atoms with Crippen molar-refractivity contribution in [3.63, 3.8) is 0 Å². The third-order valence-corrected chi connectivity index (χ3v) is 7.22. The lowest BCUT2D eigenvalue weighted by Crippen LogP contribution is -2.37. The summed E-state index contributed by atoms with van der Waals surface area (Å²) < 4.78 is 0. The van der Waals surface area contributed by atoms with Crippen molar-refractivity contribution in [3.8, 4) is 11.1 Å². The van der Waals surface area contributed by atoms with Crippen LogP contribution < -0.4 is 16.0 Å². The Morgan fingerprint density at radius 1 is 1.03 bits per heavy atom. The minimum absolute atomic E-state index is 0.287. The molecule has 0 spiro atoms. The number of aromatic nitrogens is 3. The Hall–Kier alpha value is -3.27. The summed E-state index contributed by atoms with van der Waals surface area (Å²) in [6.45, 7) is 0.835. The smallest absolute Gasteiger partial charge is 0.260 e. The summed E-state index contributed by atoms with van der Waals surface area (Å²) in [5, 5.41) is 19.2. The lowest BCUT2D eigenvalue weighted by molar-refractivity contribution is -0.117. The van der Waals surface area contributed by atoms with Crippen molar-refractivity contribution in [1.29, 1.82) is 0 Å². The zero-order valence-corrected chi connectivity index (χ0v) is 20.0. The summed E-state index contributed by atoms with van der Waals surface area (Å²) in [6.07, 6.45) is 11.2. The third-order valence-electron chi connectivity index (χ3n) is 6.32. The van der Waals surface area contributed by atoms with Crippen LogP contribution in [0.1, 0.15) is 36.9 Å². The van der Waals surface area contributed by atoms with Crippen LogP contribution in [0.15, 0.2) is 66.0 Å². The fraction of sp³-hybridized carbons (Fsp3) is 0.308. The van der Waals surface area contributed by atoms with Gasteiger partial charge in [-0.05, 0) is 66.6 Å². The van der Waals surface area contributed by atoms with Crippen LogP contribution in [0.4, 0.5) is 5.95 Å². The molecule has 3 heterocycles. The van der Waals surface area contributed by atoms with Gasteiger partial charge in [0.15, 0.2) is 5.56 Å². The molecule has 3 aromatic rings. The summed E-state index contributed by atoms with van der Waals surface area (Å²) in [7, 11) is 0. The zero-order valence-electron chi connectivity index (χ0n) is 19.2. The van der Waals surface area contributed by atoms with Crippen molar-refractivity contribution in [3.05, 3.63) is 77.2 Å². The Bertz CT molecular complexity index is 1200. The molecule has 0 radical (unpaired) electrons. The Morgan fingerprint density at radius 3 is 2.57 bits per heavy atom. The van der Waals surface area contributed by atoms with E-state index < -0.39 is 5.56 Å². The Kier molecular flexibility index (Phi) is 7.37. The fourth-order valence-corrected chi connectivity index (χ4v) is 5.27. The third kappa shape index (κ3) is 6.05. The summed E-state index contributed by atoms with van der Waals surface area (Å²) in [4.78, 5) is 25.3. The highest BCUT2D eigenvalue weighted by Gasteiger charge is 2.25. The molecule has 2 aromatic heterocycles. The number of amides is 1. The van der Waals surface area contributed by atoms with Gasteiger partial charge in [-0.25, -0.2) is 9.97 Å². The zero-order chi connectivity index (χ0) is 24.0. The summed E-state index contributed by atoms with van der Waals surface area (Å²) >= 11 is 1.08. The molecule has 1 saturated heterocycles. The lowest BCUT2D eigenvalue weighted by Gasteiger charge is -2.30. The molecule has 180 valence electrons. The number of hydrogen-bond donors (Lipinski definition) is 4. The molecule has 5 rings (SSSR count). The maximum Gasteiger partial charge on any atom is 0.260 e. The van der Waals surface area contributed by atoms with Crippen LogP contribution in [0, 0.1) is 0 Å². The number of hydrogen-bond acceptors (Lipinski definition) is 8. The van der Waals surface area contributed by atoms with E-state index in [4.69, 9.17) is 0 Å². The molecule has 2 fully saturated rings. The van der Waals surface area contributed by atoms with E-state index in [9.17, 15) is 9.90 Å². The summed E-state index contributed by atoms with van der Waals surface area (Å²) in [5.74, 6) is 0.274. The van der Waals surface area contributed by atoms with E-state index in [0.29, 0.717) is 28.6 Å². The minimum atomic E-state index is -0.902. The number of aliphatic hydroxyl groups is 1. The van der Waals surface area contributed by atoms with Gasteiger partial charge in [-0.2, -0.15) is 0 Å². The molecule has 1 aromatic carbocycles. The number of thioether (sulfide) groups is 1. The van der Waals surface area contributed by atoms with Gasteiger partial charge in [0.1, 0.15) is 0 Å². The topological polar surface area (TPSA) is 112 Å². The van der Waals surface area contributed by atoms with Gasteiger partial charge >= 0.3 is 0 Å². The molecular formula is C26H28N6O2S. The lowest BCUT2D eigenvalue weighted by atomic mass is 9.91. The highest BCUT2D eigenvalue weighted by atomic mass is 32.2. The number of aliphatic hydroxyl groups excluding tert-OH is 1. The number of nitrogens with one attached hydrogen (secondary N) is 3. The predicted molar refractivity (Wildman–Crippen MR) is 138 cm³/mol. The van der Waals surface area contributed by atoms with Crippen molar-refractivity contribution >= 4 is 29.7 Å². The molecule has 0 bridgehead atoms. The monoisotopic (exact) mass is 488 g/mol. The molecule has 1 aliphatic heterocycles. The summed E-state index contributed by atoms with van der Waals surface area (Å²) in [5.41, 5.74) is 3.46. The van der Waals surface area contributed by atoms with Gasteiger partial charge in [-0.1, -0.05) is 36.0 Å². The van der Waals surface area contributed by atoms with E-state index in [1.807, 2.05) is 24.5 Å². The molecule has 8 nitrogen and oxygen atoms in total. The van der Waals surface area contributed by atoms with Gasteiger partial charge in [0.25, 0.3) is 5.91 Å². The minimum Gasteiger partial charge on any atom is -0.364 e. The molecule has 1 aliphatic carbocycles. The van der Waals surface area contributed by atoms with Crippen molar-refractivity contribution in [2.75, 3.05) is 5.32 Å². The molecule has 1 amide bonds. The second-order valence-electron chi connectivity index (χ2n) is 8.72. The Labute approximate surface area is 208 Å². The van der Waals surface area contributed by atoms with Crippen molar-refractivity contribution in [2.45, 2.75) is 49.9 Å². The Balaban J connectivity index is 1.13. The first-order valence-electron chi connectivity index (χ1n) is 11.8. The van der Waals surface area contributed by atoms with Crippen LogP contribution >= 0.6 is 11.8 Å². The molecule has 4 N–H and O–H groups in total. The van der Waals surface area contributed by atoms with Crippen LogP contribution in [0.5, 0.6) is 0 Å². The quantitative estimate of drug-likeness (QED) is 0.374. The number of carbonyl (C=O) groups excluding carboxylic acids is 1. The maximum absolute atomic E-state index is 11.8. The number of anilines is 1. The summed E-state index contributed by atoms with van der Waals surface area (Å²) in [6, 6.07) is 15.1. The van der Waals surface area contributed by atoms with Crippen molar-refractivity contribution < 1.29 is 9.90 Å². The molecule has 1 unspecified atom stereocenters. The van der Waals surface area contributed by atoms with Gasteiger partial charge in [0, 0.05) is 37.2 Å². The van der Waals surface area contributed by atoms with E-state index in [2.05, 4.69) is 55.2 Å². The van der Waals surface area contributed by atoms with Gasteiger partial charge < -0.3 is 21.1 Å². The Morgan fingerprint density at radius 2 is 1.80 bits per heavy atom. The molecular weight excluding hydrogens is 460 g/mol. The van der Waals surface area contributed by atoms with Crippen molar-refractivity contribution in [1.82, 2.24) is 25.6 Å². The molecule has 35 heavy (non-hydrogen) atoms. The molecule has 9 heteroatoms. The number of pyridine rings is 1. The SMILES string of the molecule is O=C1NC(O)S/C1=C\c1ccnc(N[C@H]2CC[C@H](NCc3ccccc3-c3ccncc3)CC2)n1. The second kappa shape index (κ2) is 11.0. The number of rotatable bonds is 7. The first-order valence-corrected chi connectivity index (χ1v) is 12.7. The van der Waals surface area contributed by atoms with E-state index in [0.717, 1.165) is 44.0 Å². The normalized spacial score (nSPS) is 23.3.